The van der Waals surface area contributed by atoms with Crippen LogP contribution in [0.1, 0.15) is 38.3 Å². The molecule has 1 aromatic heterocycles. The Balaban J connectivity index is 2.50. The van der Waals surface area contributed by atoms with Crippen molar-refractivity contribution in [2.75, 3.05) is 0 Å². The predicted octanol–water partition coefficient (Wildman–Crippen LogP) is 1.28. The molecule has 0 saturated heterocycles. The van der Waals surface area contributed by atoms with Crippen LogP contribution in [-0.2, 0) is 13.0 Å². The maximum absolute atomic E-state index is 5.69. The molecule has 0 bridgehead atoms. The summed E-state index contributed by atoms with van der Waals surface area (Å²) in [5.41, 5.74) is 5.69. The Morgan fingerprint density at radius 1 is 1.43 bits per heavy atom. The molecule has 1 heterocycles. The lowest BCUT2D eigenvalue weighted by Gasteiger charge is -2.06. The first kappa shape index (κ1) is 11.2. The van der Waals surface area contributed by atoms with Gasteiger partial charge in [0, 0.05) is 19.0 Å². The first-order chi connectivity index (χ1) is 6.65. The SMILES string of the molecule is CCn1c(C)nnc1CCCC(C)N. The number of hydrogen-bond donors (Lipinski definition) is 1. The zero-order valence-corrected chi connectivity index (χ0v) is 9.32. The second kappa shape index (κ2) is 5.10. The fraction of sp³-hybridized carbons (Fsp3) is 0.800. The first-order valence-corrected chi connectivity index (χ1v) is 5.29. The highest BCUT2D eigenvalue weighted by molar-refractivity contribution is 4.93. The van der Waals surface area contributed by atoms with Gasteiger partial charge in [0.15, 0.2) is 0 Å². The molecule has 0 spiro atoms. The molecule has 1 rings (SSSR count). The van der Waals surface area contributed by atoms with Gasteiger partial charge in [-0.2, -0.15) is 0 Å². The molecule has 4 nitrogen and oxygen atoms in total. The van der Waals surface area contributed by atoms with Crippen molar-refractivity contribution in [3.63, 3.8) is 0 Å². The van der Waals surface area contributed by atoms with Crippen molar-refractivity contribution in [1.82, 2.24) is 14.8 Å². The molecule has 0 amide bonds. The lowest BCUT2D eigenvalue weighted by Crippen LogP contribution is -2.15. The first-order valence-electron chi connectivity index (χ1n) is 5.29. The zero-order valence-electron chi connectivity index (χ0n) is 9.32. The van der Waals surface area contributed by atoms with Crippen LogP contribution >= 0.6 is 0 Å². The van der Waals surface area contributed by atoms with E-state index in [1.807, 2.05) is 13.8 Å². The Kier molecular flexibility index (Phi) is 4.07. The van der Waals surface area contributed by atoms with Crippen LogP contribution in [0.5, 0.6) is 0 Å². The largest absolute Gasteiger partial charge is 0.328 e. The quantitative estimate of drug-likeness (QED) is 0.771. The third-order valence-electron chi connectivity index (χ3n) is 2.39. The lowest BCUT2D eigenvalue weighted by molar-refractivity contribution is 0.591. The molecule has 0 aliphatic rings. The summed E-state index contributed by atoms with van der Waals surface area (Å²) >= 11 is 0. The van der Waals surface area contributed by atoms with Gasteiger partial charge in [0.25, 0.3) is 0 Å². The van der Waals surface area contributed by atoms with E-state index in [-0.39, 0.29) is 6.04 Å². The highest BCUT2D eigenvalue weighted by atomic mass is 15.3. The second-order valence-electron chi connectivity index (χ2n) is 3.78. The van der Waals surface area contributed by atoms with Crippen molar-refractivity contribution in [2.24, 2.45) is 5.73 Å². The molecule has 1 atom stereocenters. The van der Waals surface area contributed by atoms with E-state index in [0.29, 0.717) is 0 Å². The van der Waals surface area contributed by atoms with Crippen LogP contribution in [0.15, 0.2) is 0 Å². The maximum Gasteiger partial charge on any atom is 0.132 e. The monoisotopic (exact) mass is 196 g/mol. The summed E-state index contributed by atoms with van der Waals surface area (Å²) in [5.74, 6) is 2.09. The summed E-state index contributed by atoms with van der Waals surface area (Å²) in [6, 6.07) is 0.286. The Bertz CT molecular complexity index is 278. The molecule has 0 saturated carbocycles. The van der Waals surface area contributed by atoms with E-state index in [0.717, 1.165) is 37.5 Å². The summed E-state index contributed by atoms with van der Waals surface area (Å²) in [5, 5.41) is 8.22. The molecule has 0 aromatic carbocycles. The maximum atomic E-state index is 5.69. The highest BCUT2D eigenvalue weighted by Crippen LogP contribution is 2.06. The fourth-order valence-electron chi connectivity index (χ4n) is 1.60. The summed E-state index contributed by atoms with van der Waals surface area (Å²) in [6.45, 7) is 7.10. The molecule has 0 aliphatic carbocycles. The van der Waals surface area contributed by atoms with Crippen LogP contribution in [0.4, 0.5) is 0 Å². The molecule has 1 unspecified atom stereocenters. The Labute approximate surface area is 85.5 Å². The average Bonchev–Trinajstić information content (AvgIpc) is 2.46. The van der Waals surface area contributed by atoms with Crippen LogP contribution in [0.3, 0.4) is 0 Å². The van der Waals surface area contributed by atoms with Gasteiger partial charge in [-0.1, -0.05) is 0 Å². The van der Waals surface area contributed by atoms with Crippen LogP contribution in [0.2, 0.25) is 0 Å². The van der Waals surface area contributed by atoms with Crippen molar-refractivity contribution >= 4 is 0 Å². The fourth-order valence-corrected chi connectivity index (χ4v) is 1.60. The van der Waals surface area contributed by atoms with Crippen molar-refractivity contribution in [3.8, 4) is 0 Å². The minimum absolute atomic E-state index is 0.286. The van der Waals surface area contributed by atoms with Gasteiger partial charge >= 0.3 is 0 Å². The number of aromatic nitrogens is 3. The molecule has 0 fully saturated rings. The smallest absolute Gasteiger partial charge is 0.132 e. The van der Waals surface area contributed by atoms with Crippen molar-refractivity contribution in [1.29, 1.82) is 0 Å². The van der Waals surface area contributed by atoms with Gasteiger partial charge in [-0.05, 0) is 33.6 Å². The van der Waals surface area contributed by atoms with E-state index < -0.39 is 0 Å². The Hall–Kier alpha value is -0.900. The van der Waals surface area contributed by atoms with Crippen molar-refractivity contribution in [2.45, 2.75) is 52.6 Å². The minimum atomic E-state index is 0.286. The van der Waals surface area contributed by atoms with E-state index in [4.69, 9.17) is 5.73 Å². The topological polar surface area (TPSA) is 56.7 Å². The molecule has 14 heavy (non-hydrogen) atoms. The van der Waals surface area contributed by atoms with Crippen LogP contribution in [0, 0.1) is 6.92 Å². The molecule has 0 radical (unpaired) electrons. The number of hydrogen-bond acceptors (Lipinski definition) is 3. The third kappa shape index (κ3) is 2.80. The molecule has 80 valence electrons. The third-order valence-corrected chi connectivity index (χ3v) is 2.39. The standard InChI is InChI=1S/C10H20N4/c1-4-14-9(3)12-13-10(14)7-5-6-8(2)11/h8H,4-7,11H2,1-3H3. The molecule has 2 N–H and O–H groups in total. The van der Waals surface area contributed by atoms with E-state index in [2.05, 4.69) is 21.7 Å². The lowest BCUT2D eigenvalue weighted by atomic mass is 10.1. The van der Waals surface area contributed by atoms with Gasteiger partial charge in [0.2, 0.25) is 0 Å². The van der Waals surface area contributed by atoms with Crippen molar-refractivity contribution in [3.05, 3.63) is 11.6 Å². The van der Waals surface area contributed by atoms with Crippen LogP contribution in [0.25, 0.3) is 0 Å². The normalized spacial score (nSPS) is 13.1. The molecular weight excluding hydrogens is 176 g/mol. The van der Waals surface area contributed by atoms with E-state index >= 15 is 0 Å². The second-order valence-corrected chi connectivity index (χ2v) is 3.78. The summed E-state index contributed by atoms with van der Waals surface area (Å²) < 4.78 is 2.15. The predicted molar refractivity (Wildman–Crippen MR) is 57.0 cm³/mol. The van der Waals surface area contributed by atoms with Gasteiger partial charge in [-0.25, -0.2) is 0 Å². The molecular formula is C10H20N4. The number of rotatable bonds is 5. The van der Waals surface area contributed by atoms with Gasteiger partial charge < -0.3 is 10.3 Å². The Morgan fingerprint density at radius 3 is 2.71 bits per heavy atom. The summed E-state index contributed by atoms with van der Waals surface area (Å²) in [7, 11) is 0. The average molecular weight is 196 g/mol. The minimum Gasteiger partial charge on any atom is -0.328 e. The molecule has 1 aromatic rings. The number of nitrogens with zero attached hydrogens (tertiary/aromatic N) is 3. The summed E-state index contributed by atoms with van der Waals surface area (Å²) in [4.78, 5) is 0. The number of aryl methyl sites for hydroxylation is 2. The molecule has 0 aliphatic heterocycles. The van der Waals surface area contributed by atoms with E-state index in [9.17, 15) is 0 Å². The zero-order chi connectivity index (χ0) is 10.6. The van der Waals surface area contributed by atoms with Gasteiger partial charge in [0.05, 0.1) is 0 Å². The van der Waals surface area contributed by atoms with Gasteiger partial charge in [-0.3, -0.25) is 0 Å². The summed E-state index contributed by atoms with van der Waals surface area (Å²) in [6.07, 6.45) is 3.13. The van der Waals surface area contributed by atoms with Crippen molar-refractivity contribution < 1.29 is 0 Å². The van der Waals surface area contributed by atoms with E-state index in [1.165, 1.54) is 0 Å². The van der Waals surface area contributed by atoms with Gasteiger partial charge in [-0.15, -0.1) is 10.2 Å². The number of nitrogens with two attached hydrogens (primary N) is 1. The van der Waals surface area contributed by atoms with Crippen LogP contribution in [-0.4, -0.2) is 20.8 Å². The molecule has 4 heteroatoms. The van der Waals surface area contributed by atoms with E-state index in [1.54, 1.807) is 0 Å². The van der Waals surface area contributed by atoms with Crippen LogP contribution < -0.4 is 5.73 Å². The Morgan fingerprint density at radius 2 is 2.14 bits per heavy atom. The highest BCUT2D eigenvalue weighted by Gasteiger charge is 2.06. The van der Waals surface area contributed by atoms with Gasteiger partial charge in [0.1, 0.15) is 11.6 Å².